The van der Waals surface area contributed by atoms with Gasteiger partial charge in [-0.3, -0.25) is 0 Å². The number of hydrogen-bond acceptors (Lipinski definition) is 2. The Hall–Kier alpha value is -0.530. The Morgan fingerprint density at radius 1 is 1.08 bits per heavy atom. The molecule has 13 heavy (non-hydrogen) atoms. The van der Waals surface area contributed by atoms with Crippen LogP contribution >= 0.6 is 0 Å². The van der Waals surface area contributed by atoms with Gasteiger partial charge in [-0.2, -0.15) is 0 Å². The van der Waals surface area contributed by atoms with Gasteiger partial charge in [-0.1, -0.05) is 39.5 Å². The van der Waals surface area contributed by atoms with E-state index in [-0.39, 0.29) is 6.10 Å². The van der Waals surface area contributed by atoms with Crippen LogP contribution in [0.1, 0.15) is 58.8 Å². The van der Waals surface area contributed by atoms with Crippen molar-refractivity contribution in [3.05, 3.63) is 0 Å². The summed E-state index contributed by atoms with van der Waals surface area (Å²) in [6.07, 6.45) is 8.01. The molecule has 0 aromatic carbocycles. The third-order valence-electron chi connectivity index (χ3n) is 2.22. The van der Waals surface area contributed by atoms with Crippen LogP contribution in [0.25, 0.3) is 0 Å². The number of unbranched alkanes of at least 4 members (excludes halogenated alkanes) is 3. The Kier molecular flexibility index (Phi) is 9.17. The zero-order valence-electron chi connectivity index (χ0n) is 8.84. The minimum absolute atomic E-state index is 0.115. The van der Waals surface area contributed by atoms with Crippen molar-refractivity contribution >= 4 is 6.47 Å². The van der Waals surface area contributed by atoms with E-state index >= 15 is 0 Å². The predicted molar refractivity (Wildman–Crippen MR) is 54.2 cm³/mol. The second-order valence-electron chi connectivity index (χ2n) is 3.46. The summed E-state index contributed by atoms with van der Waals surface area (Å²) in [6.45, 7) is 5.87. The summed E-state index contributed by atoms with van der Waals surface area (Å²) >= 11 is 0. The molecule has 0 bridgehead atoms. The molecule has 1 radical (unpaired) electrons. The lowest BCUT2D eigenvalue weighted by Crippen LogP contribution is -2.11. The summed E-state index contributed by atoms with van der Waals surface area (Å²) < 4.78 is 4.89. The number of ether oxygens (including phenoxy) is 1. The number of hydrogen-bond donors (Lipinski definition) is 0. The van der Waals surface area contributed by atoms with Crippen molar-refractivity contribution in [3.8, 4) is 0 Å². The Bertz CT molecular complexity index is 113. The molecule has 0 heterocycles. The third kappa shape index (κ3) is 7.82. The summed E-state index contributed by atoms with van der Waals surface area (Å²) in [5.74, 6) is 0. The molecule has 0 saturated heterocycles. The van der Waals surface area contributed by atoms with Gasteiger partial charge < -0.3 is 4.74 Å². The van der Waals surface area contributed by atoms with Crippen LogP contribution in [-0.4, -0.2) is 12.6 Å². The third-order valence-corrected chi connectivity index (χ3v) is 2.22. The monoisotopic (exact) mass is 185 g/mol. The molecular formula is C11H21O2. The van der Waals surface area contributed by atoms with Gasteiger partial charge in [-0.05, 0) is 19.3 Å². The smallest absolute Gasteiger partial charge is 0.417 e. The van der Waals surface area contributed by atoms with E-state index in [0.717, 1.165) is 32.1 Å². The Morgan fingerprint density at radius 2 is 1.69 bits per heavy atom. The van der Waals surface area contributed by atoms with Crippen molar-refractivity contribution in [1.82, 2.24) is 0 Å². The molecular weight excluding hydrogens is 164 g/mol. The average molecular weight is 185 g/mol. The molecule has 0 saturated carbocycles. The first-order valence-electron chi connectivity index (χ1n) is 5.37. The van der Waals surface area contributed by atoms with Crippen LogP contribution in [0.2, 0.25) is 0 Å². The summed E-state index contributed by atoms with van der Waals surface area (Å²) in [4.78, 5) is 10.1. The molecule has 77 valence electrons. The Balaban J connectivity index is 3.47. The Morgan fingerprint density at radius 3 is 2.23 bits per heavy atom. The van der Waals surface area contributed by atoms with E-state index in [0.29, 0.717) is 0 Å². The first-order valence-corrected chi connectivity index (χ1v) is 5.37. The molecule has 0 aliphatic rings. The molecule has 1 unspecified atom stereocenters. The molecule has 2 heteroatoms. The lowest BCUT2D eigenvalue weighted by Gasteiger charge is -2.13. The van der Waals surface area contributed by atoms with E-state index < -0.39 is 0 Å². The van der Waals surface area contributed by atoms with E-state index in [1.807, 2.05) is 0 Å². The summed E-state index contributed by atoms with van der Waals surface area (Å²) in [5.41, 5.74) is 0. The maximum Gasteiger partial charge on any atom is 0.417 e. The highest BCUT2D eigenvalue weighted by molar-refractivity contribution is 5.38. The fourth-order valence-electron chi connectivity index (χ4n) is 1.38. The Labute approximate surface area is 81.7 Å². The van der Waals surface area contributed by atoms with Gasteiger partial charge in [0.1, 0.15) is 6.10 Å². The molecule has 0 spiro atoms. The predicted octanol–water partition coefficient (Wildman–Crippen LogP) is 3.21. The van der Waals surface area contributed by atoms with Gasteiger partial charge in [0.15, 0.2) is 0 Å². The van der Waals surface area contributed by atoms with Crippen molar-refractivity contribution in [2.75, 3.05) is 0 Å². The van der Waals surface area contributed by atoms with Gasteiger partial charge in [0.25, 0.3) is 0 Å². The minimum Gasteiger partial charge on any atom is -0.454 e. The largest absolute Gasteiger partial charge is 0.454 e. The second kappa shape index (κ2) is 9.56. The number of carbonyl (C=O) groups excluding carboxylic acids is 1. The molecule has 0 amide bonds. The SMILES string of the molecule is CCCCCC(CCCC)O[C]=O. The van der Waals surface area contributed by atoms with Gasteiger partial charge in [0, 0.05) is 0 Å². The highest BCUT2D eigenvalue weighted by Crippen LogP contribution is 2.12. The average Bonchev–Trinajstić information content (AvgIpc) is 2.14. The van der Waals surface area contributed by atoms with Crippen LogP contribution in [0.15, 0.2) is 0 Å². The van der Waals surface area contributed by atoms with Crippen molar-refractivity contribution < 1.29 is 9.53 Å². The molecule has 2 nitrogen and oxygen atoms in total. The standard InChI is InChI=1S/C11H21O2/c1-3-5-7-9-11(13-10-12)8-6-4-2/h11H,3-9H2,1-2H3. The maximum absolute atomic E-state index is 10.1. The summed E-state index contributed by atoms with van der Waals surface area (Å²) in [6, 6.07) is 0. The maximum atomic E-state index is 10.1. The number of rotatable bonds is 9. The van der Waals surface area contributed by atoms with E-state index in [2.05, 4.69) is 13.8 Å². The van der Waals surface area contributed by atoms with Crippen molar-refractivity contribution in [3.63, 3.8) is 0 Å². The van der Waals surface area contributed by atoms with Crippen molar-refractivity contribution in [2.45, 2.75) is 64.9 Å². The minimum atomic E-state index is 0.115. The van der Waals surface area contributed by atoms with Crippen molar-refractivity contribution in [2.24, 2.45) is 0 Å². The molecule has 0 aromatic rings. The first kappa shape index (κ1) is 12.5. The fourth-order valence-corrected chi connectivity index (χ4v) is 1.38. The van der Waals surface area contributed by atoms with E-state index in [1.54, 1.807) is 6.47 Å². The molecule has 0 rings (SSSR count). The molecule has 0 aliphatic carbocycles. The summed E-state index contributed by atoms with van der Waals surface area (Å²) in [5, 5.41) is 0. The van der Waals surface area contributed by atoms with Gasteiger partial charge in [-0.15, -0.1) is 0 Å². The highest BCUT2D eigenvalue weighted by atomic mass is 16.5. The fraction of sp³-hybridized carbons (Fsp3) is 0.909. The molecule has 0 N–H and O–H groups in total. The van der Waals surface area contributed by atoms with Crippen LogP contribution in [0.3, 0.4) is 0 Å². The highest BCUT2D eigenvalue weighted by Gasteiger charge is 2.07. The molecule has 0 aliphatic heterocycles. The lowest BCUT2D eigenvalue weighted by molar-refractivity contribution is 0.152. The normalized spacial score (nSPS) is 12.5. The molecule has 0 aromatic heterocycles. The quantitative estimate of drug-likeness (QED) is 0.515. The zero-order valence-corrected chi connectivity index (χ0v) is 8.84. The van der Waals surface area contributed by atoms with Crippen LogP contribution in [0.4, 0.5) is 0 Å². The van der Waals surface area contributed by atoms with E-state index in [9.17, 15) is 4.79 Å². The first-order chi connectivity index (χ1) is 6.35. The van der Waals surface area contributed by atoms with E-state index in [4.69, 9.17) is 4.74 Å². The van der Waals surface area contributed by atoms with Gasteiger partial charge >= 0.3 is 6.47 Å². The second-order valence-corrected chi connectivity index (χ2v) is 3.46. The van der Waals surface area contributed by atoms with Crippen molar-refractivity contribution in [1.29, 1.82) is 0 Å². The van der Waals surface area contributed by atoms with Crippen LogP contribution in [0.5, 0.6) is 0 Å². The van der Waals surface area contributed by atoms with E-state index in [1.165, 1.54) is 12.8 Å². The van der Waals surface area contributed by atoms with Gasteiger partial charge in [0.2, 0.25) is 0 Å². The zero-order chi connectivity index (χ0) is 9.94. The van der Waals surface area contributed by atoms with Crippen LogP contribution in [-0.2, 0) is 9.53 Å². The van der Waals surface area contributed by atoms with Gasteiger partial charge in [0.05, 0.1) is 0 Å². The molecule has 1 atom stereocenters. The van der Waals surface area contributed by atoms with Gasteiger partial charge in [-0.25, -0.2) is 4.79 Å². The molecule has 0 fully saturated rings. The van der Waals surface area contributed by atoms with Crippen LogP contribution < -0.4 is 0 Å². The lowest BCUT2D eigenvalue weighted by atomic mass is 10.1. The van der Waals surface area contributed by atoms with Crippen LogP contribution in [0, 0.1) is 0 Å². The topological polar surface area (TPSA) is 26.3 Å². The summed E-state index contributed by atoms with van der Waals surface area (Å²) in [7, 11) is 0.